The second kappa shape index (κ2) is 6.66. The highest BCUT2D eigenvalue weighted by atomic mass is 16.5. The van der Waals surface area contributed by atoms with Crippen LogP contribution in [0.5, 0.6) is 0 Å². The molecule has 0 aliphatic rings. The van der Waals surface area contributed by atoms with Crippen LogP contribution >= 0.6 is 0 Å². The van der Waals surface area contributed by atoms with E-state index in [1.807, 2.05) is 0 Å². The molecule has 2 nitrogen and oxygen atoms in total. The normalized spacial score (nSPS) is 14.8. The summed E-state index contributed by atoms with van der Waals surface area (Å²) in [5, 5.41) is 3.54. The van der Waals surface area contributed by atoms with Gasteiger partial charge in [-0.2, -0.15) is 0 Å². The number of nitrogens with one attached hydrogen (secondary N) is 1. The van der Waals surface area contributed by atoms with Crippen LogP contribution < -0.4 is 5.32 Å². The van der Waals surface area contributed by atoms with Crippen molar-refractivity contribution < 1.29 is 4.74 Å². The van der Waals surface area contributed by atoms with Gasteiger partial charge >= 0.3 is 0 Å². The average molecular weight is 221 g/mol. The Balaban J connectivity index is 2.46. The van der Waals surface area contributed by atoms with E-state index in [2.05, 4.69) is 50.4 Å². The molecule has 0 fully saturated rings. The quantitative estimate of drug-likeness (QED) is 0.797. The summed E-state index contributed by atoms with van der Waals surface area (Å²) in [4.78, 5) is 0. The second-order valence-electron chi connectivity index (χ2n) is 4.55. The lowest BCUT2D eigenvalue weighted by atomic mass is 10.0. The van der Waals surface area contributed by atoms with Crippen molar-refractivity contribution in [2.45, 2.75) is 26.8 Å². The molecule has 0 bridgehead atoms. The van der Waals surface area contributed by atoms with Gasteiger partial charge in [0.15, 0.2) is 0 Å². The monoisotopic (exact) mass is 221 g/mol. The number of methoxy groups -OCH3 is 1. The van der Waals surface area contributed by atoms with E-state index >= 15 is 0 Å². The molecule has 2 heteroatoms. The van der Waals surface area contributed by atoms with Crippen LogP contribution in [0.2, 0.25) is 0 Å². The smallest absolute Gasteiger partial charge is 0.0499 e. The van der Waals surface area contributed by atoms with E-state index in [9.17, 15) is 0 Å². The predicted molar refractivity (Wildman–Crippen MR) is 68.6 cm³/mol. The zero-order valence-corrected chi connectivity index (χ0v) is 10.8. The van der Waals surface area contributed by atoms with Crippen LogP contribution in [0.3, 0.4) is 0 Å². The maximum atomic E-state index is 5.13. The van der Waals surface area contributed by atoms with Crippen molar-refractivity contribution in [2.75, 3.05) is 20.3 Å². The first-order valence-electron chi connectivity index (χ1n) is 5.93. The van der Waals surface area contributed by atoms with Gasteiger partial charge in [0.1, 0.15) is 0 Å². The van der Waals surface area contributed by atoms with Crippen LogP contribution in [0.25, 0.3) is 0 Å². The van der Waals surface area contributed by atoms with E-state index in [-0.39, 0.29) is 0 Å². The van der Waals surface area contributed by atoms with E-state index in [1.165, 1.54) is 11.1 Å². The van der Waals surface area contributed by atoms with Gasteiger partial charge in [0.2, 0.25) is 0 Å². The van der Waals surface area contributed by atoms with Gasteiger partial charge < -0.3 is 10.1 Å². The summed E-state index contributed by atoms with van der Waals surface area (Å²) in [5.74, 6) is 0.552. The molecule has 1 N–H and O–H groups in total. The first-order valence-corrected chi connectivity index (χ1v) is 5.93. The van der Waals surface area contributed by atoms with E-state index in [4.69, 9.17) is 4.74 Å². The van der Waals surface area contributed by atoms with E-state index < -0.39 is 0 Å². The Hall–Kier alpha value is -0.860. The molecular formula is C14H23NO. The van der Waals surface area contributed by atoms with Crippen molar-refractivity contribution in [2.24, 2.45) is 5.92 Å². The maximum Gasteiger partial charge on any atom is 0.0499 e. The van der Waals surface area contributed by atoms with Gasteiger partial charge in [-0.3, -0.25) is 0 Å². The van der Waals surface area contributed by atoms with Gasteiger partial charge in [-0.05, 0) is 30.9 Å². The zero-order valence-electron chi connectivity index (χ0n) is 10.8. The number of ether oxygens (including phenoxy) is 1. The Bertz CT molecular complexity index is 311. The fourth-order valence-corrected chi connectivity index (χ4v) is 1.90. The van der Waals surface area contributed by atoms with Gasteiger partial charge in [-0.1, -0.05) is 31.2 Å². The van der Waals surface area contributed by atoms with Crippen LogP contribution in [-0.4, -0.2) is 20.3 Å². The predicted octanol–water partition coefficient (Wildman–Crippen LogP) is 2.93. The lowest BCUT2D eigenvalue weighted by Gasteiger charge is -2.19. The Kier molecular flexibility index (Phi) is 5.50. The van der Waals surface area contributed by atoms with Crippen LogP contribution in [0.4, 0.5) is 0 Å². The lowest BCUT2D eigenvalue weighted by Crippen LogP contribution is -2.26. The summed E-state index contributed by atoms with van der Waals surface area (Å²) < 4.78 is 5.13. The van der Waals surface area contributed by atoms with Crippen molar-refractivity contribution in [3.8, 4) is 0 Å². The molecule has 90 valence electrons. The minimum absolute atomic E-state index is 0.403. The molecule has 1 aromatic rings. The van der Waals surface area contributed by atoms with Crippen molar-refractivity contribution in [3.63, 3.8) is 0 Å². The van der Waals surface area contributed by atoms with Crippen LogP contribution in [0.1, 0.15) is 31.0 Å². The van der Waals surface area contributed by atoms with Gasteiger partial charge in [0, 0.05) is 26.3 Å². The Morgan fingerprint density at radius 1 is 1.25 bits per heavy atom. The Morgan fingerprint density at radius 3 is 2.56 bits per heavy atom. The van der Waals surface area contributed by atoms with Crippen LogP contribution in [0.15, 0.2) is 24.3 Å². The van der Waals surface area contributed by atoms with Crippen LogP contribution in [0, 0.1) is 12.8 Å². The molecule has 0 aliphatic heterocycles. The molecule has 0 saturated carbocycles. The Morgan fingerprint density at radius 2 is 1.94 bits per heavy atom. The molecule has 0 amide bonds. The molecule has 1 aromatic carbocycles. The van der Waals surface area contributed by atoms with Crippen molar-refractivity contribution in [1.29, 1.82) is 0 Å². The highest BCUT2D eigenvalue weighted by Gasteiger charge is 2.08. The van der Waals surface area contributed by atoms with Crippen molar-refractivity contribution in [3.05, 3.63) is 35.4 Å². The summed E-state index contributed by atoms with van der Waals surface area (Å²) in [6.07, 6.45) is 0. The minimum atomic E-state index is 0.403. The molecule has 0 saturated heterocycles. The largest absolute Gasteiger partial charge is 0.384 e. The number of benzene rings is 1. The number of aryl methyl sites for hydroxylation is 1. The summed E-state index contributed by atoms with van der Waals surface area (Å²) in [6.45, 7) is 8.37. The molecule has 0 heterocycles. The molecule has 2 atom stereocenters. The molecule has 1 rings (SSSR count). The summed E-state index contributed by atoms with van der Waals surface area (Å²) >= 11 is 0. The average Bonchev–Trinajstić information content (AvgIpc) is 2.27. The molecule has 1 unspecified atom stereocenters. The summed E-state index contributed by atoms with van der Waals surface area (Å²) in [7, 11) is 1.75. The number of hydrogen-bond acceptors (Lipinski definition) is 2. The lowest BCUT2D eigenvalue weighted by molar-refractivity contribution is 0.157. The third-order valence-corrected chi connectivity index (χ3v) is 2.88. The third kappa shape index (κ3) is 3.95. The van der Waals surface area contributed by atoms with Gasteiger partial charge in [0.05, 0.1) is 0 Å². The highest BCUT2D eigenvalue weighted by molar-refractivity contribution is 5.28. The maximum absolute atomic E-state index is 5.13. The Labute approximate surface area is 99.0 Å². The van der Waals surface area contributed by atoms with E-state index in [0.29, 0.717) is 12.0 Å². The van der Waals surface area contributed by atoms with Crippen molar-refractivity contribution in [1.82, 2.24) is 5.32 Å². The first-order chi connectivity index (χ1) is 7.65. The highest BCUT2D eigenvalue weighted by Crippen LogP contribution is 2.16. The first kappa shape index (κ1) is 13.2. The molecule has 16 heavy (non-hydrogen) atoms. The van der Waals surface area contributed by atoms with E-state index in [0.717, 1.165) is 13.2 Å². The SMILES string of the molecule is COCC(C)CN[C@@H](C)c1ccccc1C. The van der Waals surface area contributed by atoms with E-state index in [1.54, 1.807) is 7.11 Å². The molecule has 0 spiro atoms. The number of hydrogen-bond donors (Lipinski definition) is 1. The topological polar surface area (TPSA) is 21.3 Å². The fourth-order valence-electron chi connectivity index (χ4n) is 1.90. The van der Waals surface area contributed by atoms with Gasteiger partial charge in [-0.25, -0.2) is 0 Å². The summed E-state index contributed by atoms with van der Waals surface area (Å²) in [5.41, 5.74) is 2.73. The van der Waals surface area contributed by atoms with Gasteiger partial charge in [0.25, 0.3) is 0 Å². The molecular weight excluding hydrogens is 198 g/mol. The minimum Gasteiger partial charge on any atom is -0.384 e. The van der Waals surface area contributed by atoms with Crippen LogP contribution in [-0.2, 0) is 4.74 Å². The fraction of sp³-hybridized carbons (Fsp3) is 0.571. The molecule has 0 radical (unpaired) electrons. The molecule has 0 aliphatic carbocycles. The zero-order chi connectivity index (χ0) is 12.0. The standard InChI is InChI=1S/C14H23NO/c1-11(10-16-4)9-15-13(3)14-8-6-5-7-12(14)2/h5-8,11,13,15H,9-10H2,1-4H3/t11?,13-/m0/s1. The summed E-state index contributed by atoms with van der Waals surface area (Å²) in [6, 6.07) is 8.93. The number of rotatable bonds is 6. The van der Waals surface area contributed by atoms with Gasteiger partial charge in [-0.15, -0.1) is 0 Å². The van der Waals surface area contributed by atoms with Crippen molar-refractivity contribution >= 4 is 0 Å². The third-order valence-electron chi connectivity index (χ3n) is 2.88. The second-order valence-corrected chi connectivity index (χ2v) is 4.55. The molecule has 0 aromatic heterocycles.